The van der Waals surface area contributed by atoms with E-state index in [2.05, 4.69) is 31.2 Å². The smallest absolute Gasteiger partial charge is 0.0858 e. The summed E-state index contributed by atoms with van der Waals surface area (Å²) in [6.45, 7) is 2.25. The zero-order valence-electron chi connectivity index (χ0n) is 14.3. The highest BCUT2D eigenvalue weighted by atomic mass is 16.3. The van der Waals surface area contributed by atoms with Crippen LogP contribution in [0.3, 0.4) is 0 Å². The molecule has 0 unspecified atom stereocenters. The molecule has 0 radical (unpaired) electrons. The van der Waals surface area contributed by atoms with Gasteiger partial charge in [-0.15, -0.1) is 0 Å². The summed E-state index contributed by atoms with van der Waals surface area (Å²) < 4.78 is 0. The van der Waals surface area contributed by atoms with Crippen LogP contribution in [0.1, 0.15) is 75.0 Å². The van der Waals surface area contributed by atoms with Gasteiger partial charge in [0.1, 0.15) is 0 Å². The van der Waals surface area contributed by atoms with Crippen LogP contribution < -0.4 is 0 Å². The standard InChI is InChI=1S/C22H30O/c1-2-3-4-5-6-13-18-21(19-14-9-7-10-15-19)22(23)20-16-11-8-12-17-20/h7-12,14-17,21-23H,2-6,13,18H2,1H3/t21-,22+/m1/s1. The van der Waals surface area contributed by atoms with Crippen LogP contribution in [0.25, 0.3) is 0 Å². The summed E-state index contributed by atoms with van der Waals surface area (Å²) in [7, 11) is 0. The summed E-state index contributed by atoms with van der Waals surface area (Å²) in [4.78, 5) is 0. The van der Waals surface area contributed by atoms with Crippen LogP contribution in [0, 0.1) is 0 Å². The third-order valence-corrected chi connectivity index (χ3v) is 4.62. The maximum absolute atomic E-state index is 10.9. The first kappa shape index (κ1) is 17.7. The molecule has 0 aliphatic rings. The van der Waals surface area contributed by atoms with E-state index in [0.29, 0.717) is 0 Å². The van der Waals surface area contributed by atoms with Gasteiger partial charge in [0.25, 0.3) is 0 Å². The van der Waals surface area contributed by atoms with Crippen LogP contribution in [-0.4, -0.2) is 5.11 Å². The normalized spacial score (nSPS) is 13.7. The summed E-state index contributed by atoms with van der Waals surface area (Å²) in [6.07, 6.45) is 8.37. The monoisotopic (exact) mass is 310 g/mol. The van der Waals surface area contributed by atoms with Gasteiger partial charge in [0.2, 0.25) is 0 Å². The second kappa shape index (κ2) is 10.2. The van der Waals surface area contributed by atoms with Crippen molar-refractivity contribution < 1.29 is 5.11 Å². The second-order valence-electron chi connectivity index (χ2n) is 6.43. The summed E-state index contributed by atoms with van der Waals surface area (Å²) in [6, 6.07) is 20.5. The van der Waals surface area contributed by atoms with E-state index in [4.69, 9.17) is 0 Å². The molecule has 0 amide bonds. The molecule has 2 rings (SSSR count). The quantitative estimate of drug-likeness (QED) is 0.514. The highest BCUT2D eigenvalue weighted by Crippen LogP contribution is 2.35. The minimum absolute atomic E-state index is 0.185. The van der Waals surface area contributed by atoms with Crippen molar-refractivity contribution in [2.24, 2.45) is 0 Å². The predicted molar refractivity (Wildman–Crippen MR) is 98.6 cm³/mol. The fourth-order valence-corrected chi connectivity index (χ4v) is 3.23. The molecule has 23 heavy (non-hydrogen) atoms. The summed E-state index contributed by atoms with van der Waals surface area (Å²) in [5.41, 5.74) is 2.27. The van der Waals surface area contributed by atoms with E-state index in [1.807, 2.05) is 36.4 Å². The van der Waals surface area contributed by atoms with Crippen molar-refractivity contribution in [3.63, 3.8) is 0 Å². The van der Waals surface area contributed by atoms with Crippen LogP contribution in [0.4, 0.5) is 0 Å². The molecule has 0 aliphatic heterocycles. The van der Waals surface area contributed by atoms with Crippen LogP contribution >= 0.6 is 0 Å². The van der Waals surface area contributed by atoms with E-state index in [-0.39, 0.29) is 5.92 Å². The van der Waals surface area contributed by atoms with E-state index >= 15 is 0 Å². The van der Waals surface area contributed by atoms with Crippen molar-refractivity contribution in [3.05, 3.63) is 71.8 Å². The summed E-state index contributed by atoms with van der Waals surface area (Å²) in [5.74, 6) is 0.185. The third-order valence-electron chi connectivity index (χ3n) is 4.62. The Morgan fingerprint density at radius 2 is 1.22 bits per heavy atom. The molecule has 0 fully saturated rings. The van der Waals surface area contributed by atoms with E-state index in [9.17, 15) is 5.11 Å². The lowest BCUT2D eigenvalue weighted by Crippen LogP contribution is -2.11. The number of hydrogen-bond donors (Lipinski definition) is 1. The van der Waals surface area contributed by atoms with Crippen LogP contribution in [0.2, 0.25) is 0 Å². The van der Waals surface area contributed by atoms with Crippen molar-refractivity contribution in [1.29, 1.82) is 0 Å². The Kier molecular flexibility index (Phi) is 7.89. The molecule has 0 aromatic heterocycles. The molecule has 0 saturated carbocycles. The van der Waals surface area contributed by atoms with Crippen LogP contribution in [-0.2, 0) is 0 Å². The lowest BCUT2D eigenvalue weighted by molar-refractivity contribution is 0.138. The lowest BCUT2D eigenvalue weighted by atomic mass is 9.85. The Bertz CT molecular complexity index is 520. The van der Waals surface area contributed by atoms with Gasteiger partial charge in [0.15, 0.2) is 0 Å². The maximum atomic E-state index is 10.9. The maximum Gasteiger partial charge on any atom is 0.0858 e. The van der Waals surface area contributed by atoms with Crippen molar-refractivity contribution in [2.45, 2.75) is 63.9 Å². The molecule has 1 heteroatoms. The molecular weight excluding hydrogens is 280 g/mol. The van der Waals surface area contributed by atoms with E-state index < -0.39 is 6.10 Å². The molecule has 0 saturated heterocycles. The molecule has 2 aromatic carbocycles. The number of benzene rings is 2. The second-order valence-corrected chi connectivity index (χ2v) is 6.43. The highest BCUT2D eigenvalue weighted by molar-refractivity contribution is 5.26. The van der Waals surface area contributed by atoms with Gasteiger partial charge in [-0.05, 0) is 17.5 Å². The topological polar surface area (TPSA) is 20.2 Å². The number of aliphatic hydroxyl groups is 1. The summed E-state index contributed by atoms with van der Waals surface area (Å²) >= 11 is 0. The first-order valence-corrected chi connectivity index (χ1v) is 9.11. The van der Waals surface area contributed by atoms with Gasteiger partial charge in [0, 0.05) is 5.92 Å². The lowest BCUT2D eigenvalue weighted by Gasteiger charge is -2.24. The van der Waals surface area contributed by atoms with Gasteiger partial charge in [-0.3, -0.25) is 0 Å². The molecule has 0 heterocycles. The van der Waals surface area contributed by atoms with Gasteiger partial charge < -0.3 is 5.11 Å². The van der Waals surface area contributed by atoms with Gasteiger partial charge >= 0.3 is 0 Å². The van der Waals surface area contributed by atoms with Crippen LogP contribution in [0.15, 0.2) is 60.7 Å². The average molecular weight is 310 g/mol. The average Bonchev–Trinajstić information content (AvgIpc) is 2.62. The van der Waals surface area contributed by atoms with Gasteiger partial charge in [-0.1, -0.05) is 106 Å². The SMILES string of the molecule is CCCCCCCC[C@H](c1ccccc1)[C@@H](O)c1ccccc1. The summed E-state index contributed by atoms with van der Waals surface area (Å²) in [5, 5.41) is 10.9. The van der Waals surface area contributed by atoms with Crippen LogP contribution in [0.5, 0.6) is 0 Å². The Morgan fingerprint density at radius 3 is 1.83 bits per heavy atom. The minimum atomic E-state index is -0.422. The Hall–Kier alpha value is -1.60. The van der Waals surface area contributed by atoms with E-state index in [1.165, 1.54) is 44.1 Å². The zero-order chi connectivity index (χ0) is 16.3. The largest absolute Gasteiger partial charge is 0.388 e. The third kappa shape index (κ3) is 5.84. The molecule has 0 aliphatic carbocycles. The molecule has 1 N–H and O–H groups in total. The number of aliphatic hydroxyl groups excluding tert-OH is 1. The van der Waals surface area contributed by atoms with Crippen molar-refractivity contribution in [3.8, 4) is 0 Å². The number of rotatable bonds is 10. The first-order valence-electron chi connectivity index (χ1n) is 9.11. The molecule has 2 atom stereocenters. The Morgan fingerprint density at radius 1 is 0.696 bits per heavy atom. The Labute approximate surface area is 141 Å². The minimum Gasteiger partial charge on any atom is -0.388 e. The van der Waals surface area contributed by atoms with E-state index in [1.54, 1.807) is 0 Å². The van der Waals surface area contributed by atoms with Gasteiger partial charge in [0.05, 0.1) is 6.10 Å². The number of unbranched alkanes of at least 4 members (excludes halogenated alkanes) is 5. The first-order chi connectivity index (χ1) is 11.3. The molecular formula is C22H30O. The molecule has 0 bridgehead atoms. The molecule has 2 aromatic rings. The predicted octanol–water partition coefficient (Wildman–Crippen LogP) is 6.25. The number of hydrogen-bond acceptors (Lipinski definition) is 1. The fourth-order valence-electron chi connectivity index (χ4n) is 3.23. The highest BCUT2D eigenvalue weighted by Gasteiger charge is 2.22. The fraction of sp³-hybridized carbons (Fsp3) is 0.455. The van der Waals surface area contributed by atoms with Gasteiger partial charge in [-0.2, -0.15) is 0 Å². The zero-order valence-corrected chi connectivity index (χ0v) is 14.3. The molecule has 1 nitrogen and oxygen atoms in total. The van der Waals surface area contributed by atoms with Crippen molar-refractivity contribution in [1.82, 2.24) is 0 Å². The van der Waals surface area contributed by atoms with E-state index in [0.717, 1.165) is 12.0 Å². The van der Waals surface area contributed by atoms with Gasteiger partial charge in [-0.25, -0.2) is 0 Å². The molecule has 124 valence electrons. The van der Waals surface area contributed by atoms with Crippen molar-refractivity contribution >= 4 is 0 Å². The Balaban J connectivity index is 1.98. The van der Waals surface area contributed by atoms with Crippen molar-refractivity contribution in [2.75, 3.05) is 0 Å². The molecule has 0 spiro atoms.